The molecule has 1 heterocycles. The standard InChI is InChI=1S/C23H28N4O5S/c1-5-27(6-2)33(30,31)21-14-16(12-13-20(21)32-7-3)24-22(28)15-19-17-10-8-9-11-18(17)23(29)26(4)25-19/h8-14H,5-7,15H2,1-4H3,(H,24,28). The van der Waals surface area contributed by atoms with Crippen LogP contribution in [0.5, 0.6) is 5.75 Å². The van der Waals surface area contributed by atoms with Crippen LogP contribution in [0.3, 0.4) is 0 Å². The molecular weight excluding hydrogens is 444 g/mol. The van der Waals surface area contributed by atoms with Gasteiger partial charge in [-0.3, -0.25) is 9.59 Å². The molecule has 0 saturated carbocycles. The molecule has 0 aliphatic carbocycles. The molecule has 0 bridgehead atoms. The van der Waals surface area contributed by atoms with Crippen LogP contribution >= 0.6 is 0 Å². The van der Waals surface area contributed by atoms with Crippen molar-refractivity contribution in [3.63, 3.8) is 0 Å². The van der Waals surface area contributed by atoms with Crippen LogP contribution in [0.4, 0.5) is 5.69 Å². The van der Waals surface area contributed by atoms with Gasteiger partial charge in [-0.2, -0.15) is 9.40 Å². The molecule has 0 saturated heterocycles. The number of carbonyl (C=O) groups is 1. The molecule has 0 spiro atoms. The highest BCUT2D eigenvalue weighted by Crippen LogP contribution is 2.30. The second-order valence-corrected chi connectivity index (χ2v) is 9.24. The zero-order valence-electron chi connectivity index (χ0n) is 19.2. The van der Waals surface area contributed by atoms with E-state index >= 15 is 0 Å². The Morgan fingerprint density at radius 1 is 1.09 bits per heavy atom. The summed E-state index contributed by atoms with van der Waals surface area (Å²) in [5.74, 6) is -0.158. The number of hydrogen-bond donors (Lipinski definition) is 1. The normalized spacial score (nSPS) is 11.7. The predicted molar refractivity (Wildman–Crippen MR) is 127 cm³/mol. The van der Waals surface area contributed by atoms with Gasteiger partial charge in [0.2, 0.25) is 15.9 Å². The van der Waals surface area contributed by atoms with Crippen LogP contribution < -0.4 is 15.6 Å². The topological polar surface area (TPSA) is 111 Å². The van der Waals surface area contributed by atoms with Crippen molar-refractivity contribution in [2.24, 2.45) is 7.05 Å². The second kappa shape index (κ2) is 10.1. The van der Waals surface area contributed by atoms with E-state index in [1.807, 2.05) is 0 Å². The molecule has 1 amide bonds. The fourth-order valence-electron chi connectivity index (χ4n) is 3.63. The molecule has 0 aliphatic rings. The summed E-state index contributed by atoms with van der Waals surface area (Å²) in [4.78, 5) is 25.1. The maximum atomic E-state index is 13.1. The van der Waals surface area contributed by atoms with Gasteiger partial charge in [0, 0.05) is 31.2 Å². The number of fused-ring (bicyclic) bond motifs is 1. The minimum atomic E-state index is -3.80. The van der Waals surface area contributed by atoms with Crippen LogP contribution in [0.15, 0.2) is 52.2 Å². The van der Waals surface area contributed by atoms with Crippen molar-refractivity contribution in [2.75, 3.05) is 25.0 Å². The lowest BCUT2D eigenvalue weighted by molar-refractivity contribution is -0.115. The summed E-state index contributed by atoms with van der Waals surface area (Å²) in [7, 11) is -2.27. The molecule has 3 rings (SSSR count). The fourth-order valence-corrected chi connectivity index (χ4v) is 5.24. The predicted octanol–water partition coefficient (Wildman–Crippen LogP) is 2.54. The molecule has 2 aromatic carbocycles. The molecule has 1 N–H and O–H groups in total. The van der Waals surface area contributed by atoms with Gasteiger partial charge < -0.3 is 10.1 Å². The van der Waals surface area contributed by atoms with Crippen molar-refractivity contribution in [3.05, 3.63) is 58.5 Å². The van der Waals surface area contributed by atoms with E-state index in [4.69, 9.17) is 4.74 Å². The smallest absolute Gasteiger partial charge is 0.274 e. The number of aromatic nitrogens is 2. The third kappa shape index (κ3) is 5.07. The summed E-state index contributed by atoms with van der Waals surface area (Å²) >= 11 is 0. The van der Waals surface area contributed by atoms with Crippen molar-refractivity contribution in [1.82, 2.24) is 14.1 Å². The minimum absolute atomic E-state index is 0.00321. The molecule has 1 aromatic heterocycles. The van der Waals surface area contributed by atoms with Crippen LogP contribution in [0, 0.1) is 0 Å². The number of carbonyl (C=O) groups excluding carboxylic acids is 1. The Balaban J connectivity index is 1.93. The number of hydrogen-bond acceptors (Lipinski definition) is 6. The number of nitrogens with one attached hydrogen (secondary N) is 1. The Hall–Kier alpha value is -3.24. The third-order valence-corrected chi connectivity index (χ3v) is 7.28. The molecule has 33 heavy (non-hydrogen) atoms. The number of anilines is 1. The fraction of sp³-hybridized carbons (Fsp3) is 0.348. The Morgan fingerprint density at radius 2 is 1.76 bits per heavy atom. The molecule has 9 nitrogen and oxygen atoms in total. The van der Waals surface area contributed by atoms with Gasteiger partial charge in [-0.1, -0.05) is 32.0 Å². The van der Waals surface area contributed by atoms with Gasteiger partial charge in [0.05, 0.1) is 24.1 Å². The summed E-state index contributed by atoms with van der Waals surface area (Å²) in [6.07, 6.45) is -0.0834. The first-order valence-corrected chi connectivity index (χ1v) is 12.2. The molecule has 10 heteroatoms. The summed E-state index contributed by atoms with van der Waals surface area (Å²) in [6, 6.07) is 11.5. The van der Waals surface area contributed by atoms with Crippen molar-refractivity contribution >= 4 is 32.4 Å². The lowest BCUT2D eigenvalue weighted by atomic mass is 10.1. The number of rotatable bonds is 9. The highest BCUT2D eigenvalue weighted by Gasteiger charge is 2.26. The molecule has 0 unspecified atom stereocenters. The van der Waals surface area contributed by atoms with E-state index in [0.717, 1.165) is 0 Å². The highest BCUT2D eigenvalue weighted by molar-refractivity contribution is 7.89. The zero-order chi connectivity index (χ0) is 24.2. The first-order chi connectivity index (χ1) is 15.7. The van der Waals surface area contributed by atoms with E-state index in [1.54, 1.807) is 51.1 Å². The Morgan fingerprint density at radius 3 is 2.39 bits per heavy atom. The summed E-state index contributed by atoms with van der Waals surface area (Å²) < 4.78 is 34.3. The molecule has 176 valence electrons. The van der Waals surface area contributed by atoms with E-state index in [9.17, 15) is 18.0 Å². The SMILES string of the molecule is CCOc1ccc(NC(=O)Cc2nn(C)c(=O)c3ccccc23)cc1S(=O)(=O)N(CC)CC. The van der Waals surface area contributed by atoms with Gasteiger partial charge in [0.25, 0.3) is 5.56 Å². The van der Waals surface area contributed by atoms with Gasteiger partial charge in [-0.15, -0.1) is 0 Å². The number of aryl methyl sites for hydroxylation is 1. The minimum Gasteiger partial charge on any atom is -0.492 e. The molecule has 0 aliphatic heterocycles. The van der Waals surface area contributed by atoms with Crippen LogP contribution in [0.2, 0.25) is 0 Å². The Kier molecular flexibility index (Phi) is 7.50. The molecular formula is C23H28N4O5S. The van der Waals surface area contributed by atoms with Gasteiger partial charge in [0.1, 0.15) is 10.6 Å². The maximum Gasteiger partial charge on any atom is 0.274 e. The van der Waals surface area contributed by atoms with Gasteiger partial charge in [-0.05, 0) is 31.2 Å². The largest absolute Gasteiger partial charge is 0.492 e. The van der Waals surface area contributed by atoms with Crippen molar-refractivity contribution in [1.29, 1.82) is 0 Å². The quantitative estimate of drug-likeness (QED) is 0.512. The number of ether oxygens (including phenoxy) is 1. The van der Waals surface area contributed by atoms with E-state index < -0.39 is 10.0 Å². The van der Waals surface area contributed by atoms with Crippen LogP contribution in [0.25, 0.3) is 10.8 Å². The molecule has 0 atom stereocenters. The second-order valence-electron chi connectivity index (χ2n) is 7.33. The molecule has 0 radical (unpaired) electrons. The Labute approximate surface area is 193 Å². The van der Waals surface area contributed by atoms with E-state index in [1.165, 1.54) is 28.2 Å². The molecule has 0 fully saturated rings. The van der Waals surface area contributed by atoms with Gasteiger partial charge >= 0.3 is 0 Å². The molecule has 3 aromatic rings. The van der Waals surface area contributed by atoms with Crippen molar-refractivity contribution < 1.29 is 17.9 Å². The average molecular weight is 473 g/mol. The number of sulfonamides is 1. The monoisotopic (exact) mass is 472 g/mol. The highest BCUT2D eigenvalue weighted by atomic mass is 32.2. The van der Waals surface area contributed by atoms with Gasteiger partial charge in [-0.25, -0.2) is 13.1 Å². The van der Waals surface area contributed by atoms with Crippen LogP contribution in [0.1, 0.15) is 26.5 Å². The third-order valence-electron chi connectivity index (χ3n) is 5.21. The first kappa shape index (κ1) is 24.4. The summed E-state index contributed by atoms with van der Waals surface area (Å²) in [6.45, 7) is 6.22. The maximum absolute atomic E-state index is 13.1. The number of amides is 1. The van der Waals surface area contributed by atoms with Crippen molar-refractivity contribution in [3.8, 4) is 5.75 Å². The summed E-state index contributed by atoms with van der Waals surface area (Å²) in [5.41, 5.74) is 0.531. The lowest BCUT2D eigenvalue weighted by Gasteiger charge is -2.21. The zero-order valence-corrected chi connectivity index (χ0v) is 20.0. The Bertz CT molecular complexity index is 1330. The van der Waals surface area contributed by atoms with E-state index in [0.29, 0.717) is 41.9 Å². The first-order valence-electron chi connectivity index (χ1n) is 10.7. The van der Waals surface area contributed by atoms with E-state index in [-0.39, 0.29) is 28.5 Å². The number of nitrogens with zero attached hydrogens (tertiary/aromatic N) is 3. The lowest BCUT2D eigenvalue weighted by Crippen LogP contribution is -2.31. The van der Waals surface area contributed by atoms with Gasteiger partial charge in [0.15, 0.2) is 0 Å². The van der Waals surface area contributed by atoms with Crippen molar-refractivity contribution in [2.45, 2.75) is 32.1 Å². The summed E-state index contributed by atoms with van der Waals surface area (Å²) in [5, 5.41) is 8.07. The van der Waals surface area contributed by atoms with Crippen LogP contribution in [-0.2, 0) is 28.3 Å². The van der Waals surface area contributed by atoms with E-state index in [2.05, 4.69) is 10.4 Å². The number of benzene rings is 2. The average Bonchev–Trinajstić information content (AvgIpc) is 2.79. The van der Waals surface area contributed by atoms with Crippen LogP contribution in [-0.4, -0.2) is 48.1 Å².